The normalized spacial score (nSPS) is 13.1. The number of aryl methyl sites for hydroxylation is 2. The van der Waals surface area contributed by atoms with Gasteiger partial charge in [-0.15, -0.1) is 0 Å². The Bertz CT molecular complexity index is 1140. The van der Waals surface area contributed by atoms with Gasteiger partial charge in [0.1, 0.15) is 11.6 Å². The zero-order valence-electron chi connectivity index (χ0n) is 18.4. The van der Waals surface area contributed by atoms with Crippen LogP contribution in [-0.4, -0.2) is 17.4 Å². The van der Waals surface area contributed by atoms with Crippen molar-refractivity contribution in [1.82, 2.24) is 4.90 Å². The third-order valence-corrected chi connectivity index (χ3v) is 6.23. The van der Waals surface area contributed by atoms with Crippen LogP contribution in [0.1, 0.15) is 59.1 Å². The lowest BCUT2D eigenvalue weighted by Gasteiger charge is -2.27. The molecule has 0 aliphatic carbocycles. The molecule has 31 heavy (non-hydrogen) atoms. The van der Waals surface area contributed by atoms with E-state index in [-0.39, 0.29) is 11.7 Å². The van der Waals surface area contributed by atoms with Crippen LogP contribution in [0.4, 0.5) is 4.39 Å². The van der Waals surface area contributed by atoms with Gasteiger partial charge in [-0.05, 0) is 80.1 Å². The molecule has 0 fully saturated rings. The lowest BCUT2D eigenvalue weighted by Crippen LogP contribution is -2.35. The number of halogens is 1. The zero-order chi connectivity index (χ0) is 22.0. The third-order valence-electron chi connectivity index (χ3n) is 6.23. The summed E-state index contributed by atoms with van der Waals surface area (Å²) in [4.78, 5) is 15.1. The van der Waals surface area contributed by atoms with Crippen LogP contribution in [0.25, 0.3) is 5.57 Å². The molecular formula is C27H28FNO2. The molecule has 1 aliphatic rings. The lowest BCUT2D eigenvalue weighted by molar-refractivity contribution is 0.0730. The Morgan fingerprint density at radius 1 is 1.03 bits per heavy atom. The van der Waals surface area contributed by atoms with Crippen LogP contribution in [0.2, 0.25) is 0 Å². The molecule has 3 nitrogen and oxygen atoms in total. The van der Waals surface area contributed by atoms with Gasteiger partial charge in [0.2, 0.25) is 0 Å². The molecule has 0 saturated heterocycles. The number of carbonyl (C=O) groups is 1. The van der Waals surface area contributed by atoms with Crippen LogP contribution >= 0.6 is 0 Å². The van der Waals surface area contributed by atoms with Gasteiger partial charge in [-0.3, -0.25) is 4.79 Å². The maximum Gasteiger partial charge on any atom is 0.254 e. The molecule has 160 valence electrons. The first-order valence-electron chi connectivity index (χ1n) is 10.8. The molecule has 0 unspecified atom stereocenters. The van der Waals surface area contributed by atoms with E-state index in [1.807, 2.05) is 41.3 Å². The van der Waals surface area contributed by atoms with Crippen molar-refractivity contribution in [3.8, 4) is 0 Å². The Hall–Kier alpha value is -3.14. The predicted molar refractivity (Wildman–Crippen MR) is 121 cm³/mol. The van der Waals surface area contributed by atoms with Crippen molar-refractivity contribution in [3.63, 3.8) is 0 Å². The molecule has 2 aromatic carbocycles. The fourth-order valence-corrected chi connectivity index (χ4v) is 4.12. The Morgan fingerprint density at radius 2 is 1.81 bits per heavy atom. The van der Waals surface area contributed by atoms with Crippen LogP contribution in [0.5, 0.6) is 0 Å². The van der Waals surface area contributed by atoms with Crippen LogP contribution in [0.3, 0.4) is 0 Å². The van der Waals surface area contributed by atoms with E-state index in [1.165, 1.54) is 11.6 Å². The average Bonchev–Trinajstić information content (AvgIpc) is 3.25. The van der Waals surface area contributed by atoms with E-state index in [0.717, 1.165) is 40.9 Å². The smallest absolute Gasteiger partial charge is 0.254 e. The molecule has 4 rings (SSSR count). The summed E-state index contributed by atoms with van der Waals surface area (Å²) in [5, 5.41) is 0. The second-order valence-corrected chi connectivity index (χ2v) is 8.43. The van der Waals surface area contributed by atoms with Crippen LogP contribution in [0.15, 0.2) is 64.8 Å². The summed E-state index contributed by atoms with van der Waals surface area (Å²) in [6, 6.07) is 14.8. The van der Waals surface area contributed by atoms with Crippen LogP contribution in [-0.2, 0) is 25.8 Å². The fourth-order valence-electron chi connectivity index (χ4n) is 4.12. The van der Waals surface area contributed by atoms with Crippen molar-refractivity contribution in [2.24, 2.45) is 0 Å². The number of allylic oxidation sites excluding steroid dienone is 2. The van der Waals surface area contributed by atoms with Gasteiger partial charge < -0.3 is 9.32 Å². The maximum atomic E-state index is 14.1. The Labute approximate surface area is 183 Å². The number of hydrogen-bond donors (Lipinski definition) is 0. The number of amides is 1. The number of benzene rings is 2. The molecule has 0 spiro atoms. The minimum Gasteiger partial charge on any atom is -0.469 e. The molecule has 1 aliphatic heterocycles. The molecule has 1 aromatic heterocycles. The number of fused-ring (bicyclic) bond motifs is 1. The van der Waals surface area contributed by atoms with E-state index in [9.17, 15) is 9.18 Å². The Kier molecular flexibility index (Phi) is 6.08. The number of carbonyl (C=O) groups excluding carboxylic acids is 1. The van der Waals surface area contributed by atoms with E-state index in [1.54, 1.807) is 12.3 Å². The highest BCUT2D eigenvalue weighted by atomic mass is 19.1. The summed E-state index contributed by atoms with van der Waals surface area (Å²) in [6.07, 6.45) is 3.78. The molecule has 0 saturated carbocycles. The number of nitrogens with zero attached hydrogens (tertiary/aromatic N) is 1. The van der Waals surface area contributed by atoms with Crippen LogP contribution in [0, 0.1) is 5.82 Å². The standard InChI is InChI=1S/C27H28FNO2/c1-18(2)19(3)24-16-22(27(30)29-14-12-26-23(17-29)13-15-31-26)11-9-20(24)8-10-21-6-4-5-7-25(21)28/h4-7,9,11,13,15-16H,8,10,12,14,17H2,1-3H3. The van der Waals surface area contributed by atoms with Crippen molar-refractivity contribution < 1.29 is 13.6 Å². The van der Waals surface area contributed by atoms with Gasteiger partial charge in [0, 0.05) is 30.6 Å². The minimum absolute atomic E-state index is 0.0373. The third kappa shape index (κ3) is 4.48. The predicted octanol–water partition coefficient (Wildman–Crippen LogP) is 6.22. The number of rotatable bonds is 5. The van der Waals surface area contributed by atoms with Gasteiger partial charge in [0.25, 0.3) is 5.91 Å². The highest BCUT2D eigenvalue weighted by molar-refractivity contribution is 5.95. The fraction of sp³-hybridized carbons (Fsp3) is 0.296. The van der Waals surface area contributed by atoms with Gasteiger partial charge in [0.05, 0.1) is 6.26 Å². The topological polar surface area (TPSA) is 33.5 Å². The average molecular weight is 418 g/mol. The maximum absolute atomic E-state index is 14.1. The van der Waals surface area contributed by atoms with Crippen molar-refractivity contribution in [2.45, 2.75) is 46.6 Å². The van der Waals surface area contributed by atoms with Gasteiger partial charge in [-0.2, -0.15) is 0 Å². The van der Waals surface area contributed by atoms with Crippen molar-refractivity contribution in [1.29, 1.82) is 0 Å². The van der Waals surface area contributed by atoms with Crippen LogP contribution < -0.4 is 0 Å². The first kappa shape index (κ1) is 21.1. The molecular weight excluding hydrogens is 389 g/mol. The summed E-state index contributed by atoms with van der Waals surface area (Å²) in [5.41, 5.74) is 7.07. The zero-order valence-corrected chi connectivity index (χ0v) is 18.4. The highest BCUT2D eigenvalue weighted by Crippen LogP contribution is 2.27. The summed E-state index contributed by atoms with van der Waals surface area (Å²) in [5.74, 6) is 0.849. The molecule has 3 aromatic rings. The summed E-state index contributed by atoms with van der Waals surface area (Å²) < 4.78 is 19.6. The molecule has 4 heteroatoms. The molecule has 1 amide bonds. The van der Waals surface area contributed by atoms with E-state index in [2.05, 4.69) is 20.8 Å². The molecule has 0 bridgehead atoms. The Morgan fingerprint density at radius 3 is 2.58 bits per heavy atom. The van der Waals surface area contributed by atoms with Gasteiger partial charge in [-0.25, -0.2) is 4.39 Å². The van der Waals surface area contributed by atoms with E-state index in [4.69, 9.17) is 4.42 Å². The van der Waals surface area contributed by atoms with Crippen molar-refractivity contribution >= 4 is 11.5 Å². The van der Waals surface area contributed by atoms with E-state index >= 15 is 0 Å². The lowest BCUT2D eigenvalue weighted by atomic mass is 9.91. The van der Waals surface area contributed by atoms with Gasteiger partial charge >= 0.3 is 0 Å². The number of hydrogen-bond acceptors (Lipinski definition) is 2. The monoisotopic (exact) mass is 417 g/mol. The number of furan rings is 1. The summed E-state index contributed by atoms with van der Waals surface area (Å²) in [7, 11) is 0. The second-order valence-electron chi connectivity index (χ2n) is 8.43. The van der Waals surface area contributed by atoms with E-state index in [0.29, 0.717) is 30.6 Å². The van der Waals surface area contributed by atoms with Crippen molar-refractivity contribution in [3.05, 3.63) is 99.8 Å². The molecule has 2 heterocycles. The molecule has 0 atom stereocenters. The minimum atomic E-state index is -0.168. The quantitative estimate of drug-likeness (QED) is 0.494. The Balaban J connectivity index is 1.60. The SMILES string of the molecule is CC(C)=C(C)c1cc(C(=O)N2CCc3occc3C2)ccc1CCc1ccccc1F. The second kappa shape index (κ2) is 8.93. The first-order chi connectivity index (χ1) is 14.9. The molecule has 0 N–H and O–H groups in total. The van der Waals surface area contributed by atoms with Gasteiger partial charge in [0.15, 0.2) is 0 Å². The van der Waals surface area contributed by atoms with E-state index < -0.39 is 0 Å². The largest absolute Gasteiger partial charge is 0.469 e. The first-order valence-corrected chi connectivity index (χ1v) is 10.8. The highest BCUT2D eigenvalue weighted by Gasteiger charge is 2.24. The summed E-state index contributed by atoms with van der Waals surface area (Å²) in [6.45, 7) is 7.48. The molecule has 0 radical (unpaired) electrons. The van der Waals surface area contributed by atoms with Crippen molar-refractivity contribution in [2.75, 3.05) is 6.54 Å². The summed E-state index contributed by atoms with van der Waals surface area (Å²) >= 11 is 0. The van der Waals surface area contributed by atoms with Gasteiger partial charge in [-0.1, -0.05) is 29.8 Å².